The second-order valence-electron chi connectivity index (χ2n) is 4.55. The second kappa shape index (κ2) is 4.11. The molecule has 1 rings (SSSR count). The van der Waals surface area contributed by atoms with Crippen molar-refractivity contribution in [3.05, 3.63) is 0 Å². The van der Waals surface area contributed by atoms with Crippen LogP contribution < -0.4 is 0 Å². The van der Waals surface area contributed by atoms with Gasteiger partial charge in [0.15, 0.2) is 0 Å². The van der Waals surface area contributed by atoms with Crippen molar-refractivity contribution in [2.75, 3.05) is 13.2 Å². The molecular formula is C10H19F2NO. The number of hydrogen-bond acceptors (Lipinski definition) is 2. The lowest BCUT2D eigenvalue weighted by Crippen LogP contribution is -2.42. The molecule has 1 N–H and O–H groups in total. The van der Waals surface area contributed by atoms with Crippen molar-refractivity contribution >= 4 is 0 Å². The fourth-order valence-electron chi connectivity index (χ4n) is 1.95. The van der Waals surface area contributed by atoms with Crippen molar-refractivity contribution in [2.24, 2.45) is 5.92 Å². The summed E-state index contributed by atoms with van der Waals surface area (Å²) in [6.07, 6.45) is -0.208. The van der Waals surface area contributed by atoms with E-state index in [1.54, 1.807) is 4.90 Å². The van der Waals surface area contributed by atoms with Crippen LogP contribution >= 0.6 is 0 Å². The lowest BCUT2D eigenvalue weighted by molar-refractivity contribution is 0.00613. The quantitative estimate of drug-likeness (QED) is 0.762. The maximum Gasteiger partial charge on any atom is 0.262 e. The van der Waals surface area contributed by atoms with Crippen LogP contribution in [0.25, 0.3) is 0 Å². The number of likely N-dealkylation sites (tertiary alicyclic amines) is 1. The van der Waals surface area contributed by atoms with Gasteiger partial charge < -0.3 is 5.11 Å². The smallest absolute Gasteiger partial charge is 0.262 e. The molecule has 0 aromatic rings. The maximum absolute atomic E-state index is 13.1. The van der Waals surface area contributed by atoms with Crippen molar-refractivity contribution in [3.63, 3.8) is 0 Å². The summed E-state index contributed by atoms with van der Waals surface area (Å²) in [6, 6.07) is -0.275. The second-order valence-corrected chi connectivity index (χ2v) is 4.55. The Bertz CT molecular complexity index is 197. The molecule has 1 saturated heterocycles. The summed E-state index contributed by atoms with van der Waals surface area (Å²) in [6.45, 7) is 5.57. The Kier molecular flexibility index (Phi) is 3.48. The molecule has 0 amide bonds. The molecule has 0 aliphatic carbocycles. The zero-order valence-electron chi connectivity index (χ0n) is 9.00. The Morgan fingerprint density at radius 2 is 2.00 bits per heavy atom. The normalized spacial score (nSPS) is 29.8. The summed E-state index contributed by atoms with van der Waals surface area (Å²) in [4.78, 5) is 1.73. The van der Waals surface area contributed by atoms with E-state index in [-0.39, 0.29) is 31.7 Å². The number of rotatable bonds is 3. The van der Waals surface area contributed by atoms with Gasteiger partial charge in [-0.1, -0.05) is 13.8 Å². The summed E-state index contributed by atoms with van der Waals surface area (Å²) >= 11 is 0. The standard InChI is InChI=1S/C10H19F2NO/c1-7(2)8(3)13-6-10(11,12)4-9(13)5-14/h7-9,14H,4-6H2,1-3H3/t8?,9-/m1/s1. The molecule has 2 atom stereocenters. The highest BCUT2D eigenvalue weighted by atomic mass is 19.3. The molecule has 0 aromatic carbocycles. The lowest BCUT2D eigenvalue weighted by atomic mass is 10.0. The Balaban J connectivity index is 2.68. The summed E-state index contributed by atoms with van der Waals surface area (Å²) in [7, 11) is 0. The Labute approximate surface area is 83.9 Å². The average Bonchev–Trinajstić information content (AvgIpc) is 2.39. The van der Waals surface area contributed by atoms with Gasteiger partial charge in [0.2, 0.25) is 0 Å². The fraction of sp³-hybridized carbons (Fsp3) is 1.00. The third-order valence-electron chi connectivity index (χ3n) is 3.12. The molecule has 0 aromatic heterocycles. The molecule has 1 unspecified atom stereocenters. The highest BCUT2D eigenvalue weighted by molar-refractivity contribution is 4.93. The van der Waals surface area contributed by atoms with Crippen LogP contribution in [0.2, 0.25) is 0 Å². The Hall–Kier alpha value is -0.220. The van der Waals surface area contributed by atoms with Crippen molar-refractivity contribution in [3.8, 4) is 0 Å². The van der Waals surface area contributed by atoms with Crippen LogP contribution in [-0.4, -0.2) is 41.2 Å². The van der Waals surface area contributed by atoms with Gasteiger partial charge in [-0.3, -0.25) is 4.90 Å². The minimum Gasteiger partial charge on any atom is -0.395 e. The molecule has 0 radical (unpaired) electrons. The number of alkyl halides is 2. The first-order valence-electron chi connectivity index (χ1n) is 5.12. The molecule has 4 heteroatoms. The van der Waals surface area contributed by atoms with E-state index in [9.17, 15) is 8.78 Å². The van der Waals surface area contributed by atoms with Gasteiger partial charge >= 0.3 is 0 Å². The van der Waals surface area contributed by atoms with Crippen LogP contribution in [0.3, 0.4) is 0 Å². The first kappa shape index (κ1) is 11.9. The molecule has 1 fully saturated rings. The highest BCUT2D eigenvalue weighted by Crippen LogP contribution is 2.34. The van der Waals surface area contributed by atoms with Gasteiger partial charge in [-0.15, -0.1) is 0 Å². The number of aliphatic hydroxyl groups is 1. The van der Waals surface area contributed by atoms with E-state index >= 15 is 0 Å². The molecule has 0 bridgehead atoms. The first-order valence-corrected chi connectivity index (χ1v) is 5.12. The SMILES string of the molecule is CC(C)C(C)N1CC(F)(F)C[C@@H]1CO. The molecule has 0 spiro atoms. The van der Waals surface area contributed by atoms with E-state index < -0.39 is 5.92 Å². The molecule has 0 saturated carbocycles. The summed E-state index contributed by atoms with van der Waals surface area (Å²) < 4.78 is 26.2. The molecule has 84 valence electrons. The van der Waals surface area contributed by atoms with Crippen LogP contribution in [0.1, 0.15) is 27.2 Å². The Morgan fingerprint density at radius 3 is 2.43 bits per heavy atom. The first-order chi connectivity index (χ1) is 6.37. The van der Waals surface area contributed by atoms with Gasteiger partial charge in [-0.25, -0.2) is 8.78 Å². The van der Waals surface area contributed by atoms with Crippen molar-refractivity contribution in [2.45, 2.75) is 45.2 Å². The van der Waals surface area contributed by atoms with Gasteiger partial charge in [0.05, 0.1) is 13.2 Å². The summed E-state index contributed by atoms with van der Waals surface area (Å²) in [5.41, 5.74) is 0. The van der Waals surface area contributed by atoms with E-state index in [1.165, 1.54) is 0 Å². The van der Waals surface area contributed by atoms with Crippen LogP contribution in [-0.2, 0) is 0 Å². The van der Waals surface area contributed by atoms with Crippen LogP contribution in [0.15, 0.2) is 0 Å². The predicted octanol–water partition coefficient (Wildman–Crippen LogP) is 1.73. The van der Waals surface area contributed by atoms with E-state index in [2.05, 4.69) is 0 Å². The number of hydrogen-bond donors (Lipinski definition) is 1. The summed E-state index contributed by atoms with van der Waals surface area (Å²) in [5, 5.41) is 9.02. The Morgan fingerprint density at radius 1 is 1.43 bits per heavy atom. The topological polar surface area (TPSA) is 23.5 Å². The van der Waals surface area contributed by atoms with Crippen LogP contribution in [0.5, 0.6) is 0 Å². The minimum absolute atomic E-state index is 0.0977. The number of halogens is 2. The molecule has 2 nitrogen and oxygen atoms in total. The molecule has 1 heterocycles. The molecule has 1 aliphatic heterocycles. The largest absolute Gasteiger partial charge is 0.395 e. The third kappa shape index (κ3) is 2.42. The number of aliphatic hydroxyl groups excluding tert-OH is 1. The van der Waals surface area contributed by atoms with E-state index in [1.807, 2.05) is 20.8 Å². The van der Waals surface area contributed by atoms with E-state index in [0.717, 1.165) is 0 Å². The molecule has 14 heavy (non-hydrogen) atoms. The van der Waals surface area contributed by atoms with Crippen LogP contribution in [0.4, 0.5) is 8.78 Å². The zero-order chi connectivity index (χ0) is 10.9. The minimum atomic E-state index is -2.63. The molecular weight excluding hydrogens is 188 g/mol. The monoisotopic (exact) mass is 207 g/mol. The van der Waals surface area contributed by atoms with Gasteiger partial charge in [0, 0.05) is 18.5 Å². The van der Waals surface area contributed by atoms with Gasteiger partial charge in [0.1, 0.15) is 0 Å². The zero-order valence-corrected chi connectivity index (χ0v) is 9.00. The van der Waals surface area contributed by atoms with Crippen molar-refractivity contribution < 1.29 is 13.9 Å². The summed E-state index contributed by atoms with van der Waals surface area (Å²) in [5.74, 6) is -2.30. The average molecular weight is 207 g/mol. The predicted molar refractivity (Wildman–Crippen MR) is 51.4 cm³/mol. The van der Waals surface area contributed by atoms with E-state index in [0.29, 0.717) is 5.92 Å². The lowest BCUT2D eigenvalue weighted by Gasteiger charge is -2.31. The number of nitrogens with zero attached hydrogens (tertiary/aromatic N) is 1. The van der Waals surface area contributed by atoms with Crippen LogP contribution in [0, 0.1) is 5.92 Å². The van der Waals surface area contributed by atoms with Gasteiger partial charge in [0.25, 0.3) is 5.92 Å². The molecule has 1 aliphatic rings. The third-order valence-corrected chi connectivity index (χ3v) is 3.12. The maximum atomic E-state index is 13.1. The van der Waals surface area contributed by atoms with Crippen molar-refractivity contribution in [1.29, 1.82) is 0 Å². The van der Waals surface area contributed by atoms with Gasteiger partial charge in [-0.2, -0.15) is 0 Å². The highest BCUT2D eigenvalue weighted by Gasteiger charge is 2.46. The van der Waals surface area contributed by atoms with Crippen molar-refractivity contribution in [1.82, 2.24) is 4.90 Å². The fourth-order valence-corrected chi connectivity index (χ4v) is 1.95. The van der Waals surface area contributed by atoms with Gasteiger partial charge in [-0.05, 0) is 12.8 Å². The van der Waals surface area contributed by atoms with E-state index in [4.69, 9.17) is 5.11 Å².